The van der Waals surface area contributed by atoms with Crippen LogP contribution in [0.5, 0.6) is 0 Å². The first-order valence-corrected chi connectivity index (χ1v) is 9.08. The van der Waals surface area contributed by atoms with Crippen molar-refractivity contribution in [2.45, 2.75) is 32.7 Å². The van der Waals surface area contributed by atoms with Gasteiger partial charge in [-0.15, -0.1) is 0 Å². The van der Waals surface area contributed by atoms with Gasteiger partial charge in [0, 0.05) is 25.7 Å². The lowest BCUT2D eigenvalue weighted by Crippen LogP contribution is -2.50. The van der Waals surface area contributed by atoms with E-state index in [9.17, 15) is 8.42 Å². The van der Waals surface area contributed by atoms with Crippen LogP contribution in [0, 0.1) is 0 Å². The van der Waals surface area contributed by atoms with Crippen molar-refractivity contribution in [2.24, 2.45) is 0 Å². The Balaban J connectivity index is 1.76. The maximum absolute atomic E-state index is 11.4. The van der Waals surface area contributed by atoms with Crippen molar-refractivity contribution in [3.63, 3.8) is 0 Å². The number of likely N-dealkylation sites (tertiary alicyclic amines) is 1. The molecule has 2 aliphatic rings. The molecule has 4 nitrogen and oxygen atoms in total. The summed E-state index contributed by atoms with van der Waals surface area (Å²) >= 11 is 0. The number of hydrogen-bond acceptors (Lipinski definition) is 4. The summed E-state index contributed by atoms with van der Waals surface area (Å²) in [4.78, 5) is 4.88. The van der Waals surface area contributed by atoms with E-state index in [-0.39, 0.29) is 0 Å². The Hall–Kier alpha value is -0.390. The molecule has 19 heavy (non-hydrogen) atoms. The van der Waals surface area contributed by atoms with Gasteiger partial charge in [0.15, 0.2) is 9.84 Å². The van der Waals surface area contributed by atoms with Gasteiger partial charge in [-0.1, -0.05) is 11.6 Å². The van der Waals surface area contributed by atoms with E-state index in [0.717, 1.165) is 32.7 Å². The summed E-state index contributed by atoms with van der Waals surface area (Å²) in [6.07, 6.45) is 4.64. The molecule has 2 aliphatic heterocycles. The van der Waals surface area contributed by atoms with Crippen LogP contribution in [0.2, 0.25) is 0 Å². The first-order valence-electron chi connectivity index (χ1n) is 7.26. The predicted molar refractivity (Wildman–Crippen MR) is 79.1 cm³/mol. The summed E-state index contributed by atoms with van der Waals surface area (Å²) in [7, 11) is -2.74. The maximum Gasteiger partial charge on any atom is 0.152 e. The van der Waals surface area contributed by atoms with E-state index in [1.807, 2.05) is 0 Å². The molecule has 2 heterocycles. The van der Waals surface area contributed by atoms with Gasteiger partial charge in [-0.2, -0.15) is 0 Å². The number of hydrogen-bond donors (Lipinski definition) is 0. The second-order valence-electron chi connectivity index (χ2n) is 6.00. The van der Waals surface area contributed by atoms with E-state index >= 15 is 0 Å². The van der Waals surface area contributed by atoms with Crippen molar-refractivity contribution in [3.8, 4) is 0 Å². The van der Waals surface area contributed by atoms with Crippen LogP contribution in [0.1, 0.15) is 26.7 Å². The highest BCUT2D eigenvalue weighted by Crippen LogP contribution is 2.18. The molecule has 2 saturated heterocycles. The lowest BCUT2D eigenvalue weighted by molar-refractivity contribution is 0.121. The van der Waals surface area contributed by atoms with Crippen LogP contribution in [0.4, 0.5) is 0 Å². The third-order valence-electron chi connectivity index (χ3n) is 4.21. The second kappa shape index (κ2) is 6.37. The fourth-order valence-electron chi connectivity index (χ4n) is 2.87. The zero-order valence-electron chi connectivity index (χ0n) is 12.1. The highest BCUT2D eigenvalue weighted by atomic mass is 32.2. The topological polar surface area (TPSA) is 40.6 Å². The van der Waals surface area contributed by atoms with Crippen molar-refractivity contribution in [3.05, 3.63) is 11.6 Å². The van der Waals surface area contributed by atoms with Gasteiger partial charge in [0.2, 0.25) is 0 Å². The standard InChI is InChI=1S/C14H26N2O2S/c1-13(2)3-6-15-7-4-14(5-8-15)16-9-11-19(17,18)12-10-16/h3,14H,4-12H2,1-2H3. The van der Waals surface area contributed by atoms with Gasteiger partial charge >= 0.3 is 0 Å². The molecule has 2 rings (SSSR count). The van der Waals surface area contributed by atoms with E-state index in [1.54, 1.807) is 0 Å². The summed E-state index contributed by atoms with van der Waals surface area (Å²) < 4.78 is 22.9. The molecular weight excluding hydrogens is 260 g/mol. The predicted octanol–water partition coefficient (Wildman–Crippen LogP) is 1.15. The van der Waals surface area contributed by atoms with Gasteiger partial charge in [-0.05, 0) is 39.8 Å². The lowest BCUT2D eigenvalue weighted by atomic mass is 10.0. The number of nitrogens with zero attached hydrogens (tertiary/aromatic N) is 2. The van der Waals surface area contributed by atoms with Crippen LogP contribution in [-0.4, -0.2) is 68.5 Å². The molecule has 0 aromatic heterocycles. The fourth-order valence-corrected chi connectivity index (χ4v) is 4.10. The SMILES string of the molecule is CC(C)=CCN1CCC(N2CCS(=O)(=O)CC2)CC1. The van der Waals surface area contributed by atoms with Gasteiger partial charge in [0.05, 0.1) is 11.5 Å². The molecule has 0 aromatic carbocycles. The molecule has 0 spiro atoms. The molecule has 0 aromatic rings. The molecule has 0 unspecified atom stereocenters. The number of piperidine rings is 1. The van der Waals surface area contributed by atoms with Crippen LogP contribution < -0.4 is 0 Å². The van der Waals surface area contributed by atoms with Crippen LogP contribution in [0.3, 0.4) is 0 Å². The van der Waals surface area contributed by atoms with Gasteiger partial charge in [0.1, 0.15) is 0 Å². The first kappa shape index (κ1) is 15.0. The van der Waals surface area contributed by atoms with Crippen molar-refractivity contribution >= 4 is 9.84 Å². The van der Waals surface area contributed by atoms with Crippen LogP contribution >= 0.6 is 0 Å². The average molecular weight is 286 g/mol. The number of rotatable bonds is 3. The Bertz CT molecular complexity index is 405. The maximum atomic E-state index is 11.4. The molecule has 0 atom stereocenters. The third-order valence-corrected chi connectivity index (χ3v) is 5.82. The van der Waals surface area contributed by atoms with Gasteiger partial charge in [-0.3, -0.25) is 9.80 Å². The quantitative estimate of drug-likeness (QED) is 0.730. The highest BCUT2D eigenvalue weighted by Gasteiger charge is 2.29. The van der Waals surface area contributed by atoms with E-state index in [1.165, 1.54) is 18.4 Å². The van der Waals surface area contributed by atoms with Crippen molar-refractivity contribution < 1.29 is 8.42 Å². The molecule has 0 radical (unpaired) electrons. The summed E-state index contributed by atoms with van der Waals surface area (Å²) in [5.41, 5.74) is 1.38. The van der Waals surface area contributed by atoms with Crippen molar-refractivity contribution in [1.29, 1.82) is 0 Å². The van der Waals surface area contributed by atoms with Crippen molar-refractivity contribution in [2.75, 3.05) is 44.2 Å². The first-order chi connectivity index (χ1) is 8.96. The summed E-state index contributed by atoms with van der Waals surface area (Å²) in [6, 6.07) is 0.596. The largest absolute Gasteiger partial charge is 0.300 e. The molecule has 0 saturated carbocycles. The van der Waals surface area contributed by atoms with Gasteiger partial charge < -0.3 is 0 Å². The zero-order chi connectivity index (χ0) is 13.9. The van der Waals surface area contributed by atoms with Crippen molar-refractivity contribution in [1.82, 2.24) is 9.80 Å². The Kier molecular flexibility index (Phi) is 5.03. The minimum atomic E-state index is -2.74. The minimum Gasteiger partial charge on any atom is -0.300 e. The zero-order valence-corrected chi connectivity index (χ0v) is 13.0. The van der Waals surface area contributed by atoms with Gasteiger partial charge in [-0.25, -0.2) is 8.42 Å². The highest BCUT2D eigenvalue weighted by molar-refractivity contribution is 7.91. The molecule has 0 amide bonds. The molecule has 110 valence electrons. The summed E-state index contributed by atoms with van der Waals surface area (Å²) in [5.74, 6) is 0.704. The average Bonchev–Trinajstić information content (AvgIpc) is 2.37. The van der Waals surface area contributed by atoms with E-state index < -0.39 is 9.84 Å². The third kappa shape index (κ3) is 4.58. The normalized spacial score (nSPS) is 26.2. The fraction of sp³-hybridized carbons (Fsp3) is 0.857. The summed E-state index contributed by atoms with van der Waals surface area (Å²) in [6.45, 7) is 9.09. The second-order valence-corrected chi connectivity index (χ2v) is 8.30. The monoisotopic (exact) mass is 286 g/mol. The Morgan fingerprint density at radius 1 is 1.11 bits per heavy atom. The lowest BCUT2D eigenvalue weighted by Gasteiger charge is -2.39. The van der Waals surface area contributed by atoms with Crippen LogP contribution in [-0.2, 0) is 9.84 Å². The molecular formula is C14H26N2O2S. The van der Waals surface area contributed by atoms with Crippen LogP contribution in [0.15, 0.2) is 11.6 Å². The Morgan fingerprint density at radius 3 is 2.21 bits per heavy atom. The van der Waals surface area contributed by atoms with E-state index in [0.29, 0.717) is 17.5 Å². The molecule has 0 N–H and O–H groups in total. The van der Waals surface area contributed by atoms with Gasteiger partial charge in [0.25, 0.3) is 0 Å². The molecule has 2 fully saturated rings. The Morgan fingerprint density at radius 2 is 1.68 bits per heavy atom. The van der Waals surface area contributed by atoms with E-state index in [2.05, 4.69) is 29.7 Å². The summed E-state index contributed by atoms with van der Waals surface area (Å²) in [5, 5.41) is 0. The Labute approximate surface area is 117 Å². The minimum absolute atomic E-state index is 0.352. The smallest absolute Gasteiger partial charge is 0.152 e. The number of allylic oxidation sites excluding steroid dienone is 1. The molecule has 0 aliphatic carbocycles. The van der Waals surface area contributed by atoms with E-state index in [4.69, 9.17) is 0 Å². The molecule has 0 bridgehead atoms. The molecule has 5 heteroatoms. The number of sulfone groups is 1. The van der Waals surface area contributed by atoms with Crippen LogP contribution in [0.25, 0.3) is 0 Å².